The molecule has 0 aliphatic carbocycles. The van der Waals surface area contributed by atoms with Crippen LogP contribution >= 0.6 is 0 Å². The zero-order valence-electron chi connectivity index (χ0n) is 14.8. The summed E-state index contributed by atoms with van der Waals surface area (Å²) in [7, 11) is -3.64. The van der Waals surface area contributed by atoms with E-state index in [4.69, 9.17) is 0 Å². The summed E-state index contributed by atoms with van der Waals surface area (Å²) in [6, 6.07) is 20.0. The number of hydrogen-bond acceptors (Lipinski definition) is 4. The molecule has 1 heterocycles. The minimum Gasteiger partial charge on any atom is -0.341 e. The Morgan fingerprint density at radius 2 is 1.73 bits per heavy atom. The standard InChI is InChI=1S/C20H21N3O2S/c1-3-23(17-9-7-8-16(2)14-17)18-12-13-20(21-15-18)22-26(24,25)19-10-5-4-6-11-19/h4-15H,3H2,1-2H3,(H,21,22). The first-order chi connectivity index (χ1) is 12.5. The van der Waals surface area contributed by atoms with Gasteiger partial charge < -0.3 is 4.90 Å². The normalized spacial score (nSPS) is 11.2. The van der Waals surface area contributed by atoms with E-state index in [2.05, 4.69) is 40.6 Å². The minimum absolute atomic E-state index is 0.209. The third-order valence-corrected chi connectivity index (χ3v) is 5.35. The summed E-state index contributed by atoms with van der Waals surface area (Å²) >= 11 is 0. The van der Waals surface area contributed by atoms with Gasteiger partial charge in [-0.1, -0.05) is 30.3 Å². The first-order valence-electron chi connectivity index (χ1n) is 8.38. The lowest BCUT2D eigenvalue weighted by molar-refractivity contribution is 0.601. The van der Waals surface area contributed by atoms with Gasteiger partial charge in [0.05, 0.1) is 16.8 Å². The molecule has 0 spiro atoms. The van der Waals surface area contributed by atoms with Crippen LogP contribution in [0.2, 0.25) is 0 Å². The van der Waals surface area contributed by atoms with E-state index in [1.54, 1.807) is 42.6 Å². The first-order valence-corrected chi connectivity index (χ1v) is 9.86. The Bertz CT molecular complexity index is 971. The van der Waals surface area contributed by atoms with E-state index in [0.29, 0.717) is 0 Å². The van der Waals surface area contributed by atoms with Crippen LogP contribution in [0.3, 0.4) is 0 Å². The summed E-state index contributed by atoms with van der Waals surface area (Å²) < 4.78 is 27.3. The van der Waals surface area contributed by atoms with Crippen molar-refractivity contribution in [2.45, 2.75) is 18.7 Å². The van der Waals surface area contributed by atoms with Crippen LogP contribution in [-0.2, 0) is 10.0 Å². The van der Waals surface area contributed by atoms with Crippen molar-refractivity contribution in [3.63, 3.8) is 0 Å². The third-order valence-electron chi connectivity index (χ3n) is 3.98. The van der Waals surface area contributed by atoms with Gasteiger partial charge in [0.2, 0.25) is 0 Å². The van der Waals surface area contributed by atoms with Crippen LogP contribution in [0.1, 0.15) is 12.5 Å². The Balaban J connectivity index is 1.82. The zero-order chi connectivity index (χ0) is 18.6. The second kappa shape index (κ2) is 7.58. The summed E-state index contributed by atoms with van der Waals surface area (Å²) in [5, 5.41) is 0. The van der Waals surface area contributed by atoms with Gasteiger partial charge in [-0.3, -0.25) is 4.72 Å². The van der Waals surface area contributed by atoms with E-state index < -0.39 is 10.0 Å². The molecular formula is C20H21N3O2S. The molecule has 1 N–H and O–H groups in total. The molecule has 0 fully saturated rings. The molecule has 0 saturated heterocycles. The molecule has 6 heteroatoms. The Morgan fingerprint density at radius 1 is 0.962 bits per heavy atom. The fourth-order valence-electron chi connectivity index (χ4n) is 2.71. The Labute approximate surface area is 154 Å². The zero-order valence-corrected chi connectivity index (χ0v) is 15.6. The van der Waals surface area contributed by atoms with Crippen LogP contribution in [0, 0.1) is 6.92 Å². The molecule has 0 atom stereocenters. The van der Waals surface area contributed by atoms with E-state index in [1.807, 2.05) is 18.2 Å². The lowest BCUT2D eigenvalue weighted by Gasteiger charge is -2.23. The van der Waals surface area contributed by atoms with Crippen LogP contribution < -0.4 is 9.62 Å². The second-order valence-electron chi connectivity index (χ2n) is 5.90. The van der Waals surface area contributed by atoms with Crippen molar-refractivity contribution in [1.29, 1.82) is 0 Å². The molecule has 0 unspecified atom stereocenters. The smallest absolute Gasteiger partial charge is 0.263 e. The maximum atomic E-state index is 12.4. The van der Waals surface area contributed by atoms with Crippen molar-refractivity contribution in [3.05, 3.63) is 78.5 Å². The molecule has 3 aromatic rings. The largest absolute Gasteiger partial charge is 0.341 e. The molecule has 0 radical (unpaired) electrons. The molecule has 0 saturated carbocycles. The minimum atomic E-state index is -3.64. The van der Waals surface area contributed by atoms with Gasteiger partial charge in [-0.25, -0.2) is 13.4 Å². The molecule has 26 heavy (non-hydrogen) atoms. The average molecular weight is 367 g/mol. The van der Waals surface area contributed by atoms with Gasteiger partial charge >= 0.3 is 0 Å². The van der Waals surface area contributed by atoms with Crippen molar-refractivity contribution >= 4 is 27.2 Å². The van der Waals surface area contributed by atoms with Crippen LogP contribution in [0.5, 0.6) is 0 Å². The lowest BCUT2D eigenvalue weighted by Crippen LogP contribution is -2.17. The average Bonchev–Trinajstić information content (AvgIpc) is 2.64. The number of aromatic nitrogens is 1. The molecule has 5 nitrogen and oxygen atoms in total. The van der Waals surface area contributed by atoms with Crippen molar-refractivity contribution in [2.24, 2.45) is 0 Å². The van der Waals surface area contributed by atoms with Crippen molar-refractivity contribution < 1.29 is 8.42 Å². The van der Waals surface area contributed by atoms with Gasteiger partial charge in [0.15, 0.2) is 0 Å². The van der Waals surface area contributed by atoms with Crippen molar-refractivity contribution in [2.75, 3.05) is 16.2 Å². The van der Waals surface area contributed by atoms with E-state index in [-0.39, 0.29) is 10.7 Å². The Morgan fingerprint density at radius 3 is 2.35 bits per heavy atom. The molecule has 3 rings (SSSR count). The van der Waals surface area contributed by atoms with E-state index >= 15 is 0 Å². The maximum absolute atomic E-state index is 12.4. The highest BCUT2D eigenvalue weighted by Crippen LogP contribution is 2.26. The van der Waals surface area contributed by atoms with Gasteiger partial charge in [-0.15, -0.1) is 0 Å². The van der Waals surface area contributed by atoms with Gasteiger partial charge in [-0.2, -0.15) is 0 Å². The highest BCUT2D eigenvalue weighted by molar-refractivity contribution is 7.92. The van der Waals surface area contributed by atoms with Gasteiger partial charge in [-0.05, 0) is 55.8 Å². The summed E-state index contributed by atoms with van der Waals surface area (Å²) in [4.78, 5) is 6.60. The number of pyridine rings is 1. The van der Waals surface area contributed by atoms with Crippen LogP contribution in [0.4, 0.5) is 17.2 Å². The van der Waals surface area contributed by atoms with E-state index in [1.165, 1.54) is 5.56 Å². The molecular weight excluding hydrogens is 346 g/mol. The molecule has 0 bridgehead atoms. The number of nitrogens with one attached hydrogen (secondary N) is 1. The monoisotopic (exact) mass is 367 g/mol. The highest BCUT2D eigenvalue weighted by Gasteiger charge is 2.14. The molecule has 2 aromatic carbocycles. The number of rotatable bonds is 6. The number of nitrogens with zero attached hydrogens (tertiary/aromatic N) is 2. The Kier molecular flexibility index (Phi) is 5.23. The van der Waals surface area contributed by atoms with Crippen molar-refractivity contribution in [1.82, 2.24) is 4.98 Å². The SMILES string of the molecule is CCN(c1ccc(NS(=O)(=O)c2ccccc2)nc1)c1cccc(C)c1. The Hall–Kier alpha value is -2.86. The fraction of sp³-hybridized carbons (Fsp3) is 0.150. The number of benzene rings is 2. The molecule has 1 aromatic heterocycles. The van der Waals surface area contributed by atoms with Gasteiger partial charge in [0.1, 0.15) is 5.82 Å². The fourth-order valence-corrected chi connectivity index (χ4v) is 3.74. The topological polar surface area (TPSA) is 62.3 Å². The number of sulfonamides is 1. The summed E-state index contributed by atoms with van der Waals surface area (Å²) in [6.07, 6.45) is 1.68. The predicted molar refractivity (Wildman–Crippen MR) is 105 cm³/mol. The lowest BCUT2D eigenvalue weighted by atomic mass is 10.2. The molecule has 0 amide bonds. The summed E-state index contributed by atoms with van der Waals surface area (Å²) in [6.45, 7) is 4.89. The predicted octanol–water partition coefficient (Wildman–Crippen LogP) is 4.35. The molecule has 0 aliphatic rings. The number of aryl methyl sites for hydroxylation is 1. The third kappa shape index (κ3) is 4.03. The summed E-state index contributed by atoms with van der Waals surface area (Å²) in [5.41, 5.74) is 3.16. The molecule has 134 valence electrons. The van der Waals surface area contributed by atoms with Gasteiger partial charge in [0, 0.05) is 12.2 Å². The van der Waals surface area contributed by atoms with E-state index in [0.717, 1.165) is 17.9 Å². The maximum Gasteiger partial charge on any atom is 0.263 e. The quantitative estimate of drug-likeness (QED) is 0.704. The number of anilines is 3. The number of hydrogen-bond donors (Lipinski definition) is 1. The van der Waals surface area contributed by atoms with Crippen LogP contribution in [0.25, 0.3) is 0 Å². The van der Waals surface area contributed by atoms with Crippen LogP contribution in [-0.4, -0.2) is 19.9 Å². The van der Waals surface area contributed by atoms with Crippen LogP contribution in [0.15, 0.2) is 77.8 Å². The first kappa shape index (κ1) is 17.9. The van der Waals surface area contributed by atoms with E-state index in [9.17, 15) is 8.42 Å². The van der Waals surface area contributed by atoms with Gasteiger partial charge in [0.25, 0.3) is 10.0 Å². The molecule has 0 aliphatic heterocycles. The highest BCUT2D eigenvalue weighted by atomic mass is 32.2. The van der Waals surface area contributed by atoms with Crippen molar-refractivity contribution in [3.8, 4) is 0 Å². The summed E-state index contributed by atoms with van der Waals surface area (Å²) in [5.74, 6) is 0.290. The second-order valence-corrected chi connectivity index (χ2v) is 7.59.